The van der Waals surface area contributed by atoms with E-state index in [0.29, 0.717) is 18.5 Å². The Bertz CT molecular complexity index is 718. The molecule has 2 heterocycles. The first-order valence-electron chi connectivity index (χ1n) is 8.45. The Kier molecular flexibility index (Phi) is 4.55. The lowest BCUT2D eigenvalue weighted by Crippen LogP contribution is -2.43. The van der Waals surface area contributed by atoms with Gasteiger partial charge in [0.15, 0.2) is 5.82 Å². The van der Waals surface area contributed by atoms with E-state index in [1.165, 1.54) is 12.8 Å². The van der Waals surface area contributed by atoms with Gasteiger partial charge in [-0.05, 0) is 57.2 Å². The van der Waals surface area contributed by atoms with Crippen LogP contribution >= 0.6 is 0 Å². The summed E-state index contributed by atoms with van der Waals surface area (Å²) in [6.45, 7) is 6.56. The summed E-state index contributed by atoms with van der Waals surface area (Å²) in [6.07, 6.45) is 4.25. The summed E-state index contributed by atoms with van der Waals surface area (Å²) in [5.41, 5.74) is 3.00. The Morgan fingerprint density at radius 1 is 1.42 bits per heavy atom. The maximum atomic E-state index is 12.2. The molecule has 0 bridgehead atoms. The highest BCUT2D eigenvalue weighted by Crippen LogP contribution is 2.34. The molecule has 6 heteroatoms. The molecule has 0 aliphatic heterocycles. The van der Waals surface area contributed by atoms with Crippen molar-refractivity contribution in [3.8, 4) is 5.82 Å². The first-order chi connectivity index (χ1) is 11.5. The molecule has 1 N–H and O–H groups in total. The van der Waals surface area contributed by atoms with Gasteiger partial charge in [-0.1, -0.05) is 6.07 Å². The lowest BCUT2D eigenvalue weighted by Gasteiger charge is -2.25. The molecule has 0 radical (unpaired) electrons. The van der Waals surface area contributed by atoms with Gasteiger partial charge < -0.3 is 10.2 Å². The van der Waals surface area contributed by atoms with Gasteiger partial charge in [-0.2, -0.15) is 5.10 Å². The number of hydrogen-bond donors (Lipinski definition) is 1. The number of hydrogen-bond acceptors (Lipinski definition) is 3. The van der Waals surface area contributed by atoms with E-state index in [1.807, 2.05) is 43.8 Å². The Morgan fingerprint density at radius 3 is 2.71 bits per heavy atom. The highest BCUT2D eigenvalue weighted by Gasteiger charge is 2.32. The molecule has 2 aromatic heterocycles. The largest absolute Gasteiger partial charge is 0.334 e. The first-order valence-corrected chi connectivity index (χ1v) is 8.45. The normalized spacial score (nSPS) is 15.2. The van der Waals surface area contributed by atoms with Crippen LogP contribution in [0.5, 0.6) is 0 Å². The van der Waals surface area contributed by atoms with E-state index in [2.05, 4.69) is 22.3 Å². The van der Waals surface area contributed by atoms with Crippen molar-refractivity contribution in [2.24, 2.45) is 5.92 Å². The number of rotatable bonds is 5. The molecule has 6 nitrogen and oxygen atoms in total. The number of aryl methyl sites for hydroxylation is 2. The number of carbonyl (C=O) groups excluding carboxylic acids is 1. The van der Waals surface area contributed by atoms with Gasteiger partial charge in [0.2, 0.25) is 0 Å². The standard InChI is InChI=1S/C18H25N5O/c1-12-9-13(2)23(21-12)17-8-5-15(10-19-17)11-20-18(24)22(4)14(3)16-6-7-16/h5,8-10,14,16H,6-7,11H2,1-4H3,(H,20,24). The second-order valence-corrected chi connectivity index (χ2v) is 6.71. The molecule has 2 amide bonds. The molecule has 2 aromatic rings. The van der Waals surface area contributed by atoms with Gasteiger partial charge >= 0.3 is 6.03 Å². The minimum Gasteiger partial charge on any atom is -0.334 e. The third-order valence-corrected chi connectivity index (χ3v) is 4.71. The van der Waals surface area contributed by atoms with Gasteiger partial charge in [-0.15, -0.1) is 0 Å². The van der Waals surface area contributed by atoms with Crippen LogP contribution in [0.2, 0.25) is 0 Å². The fourth-order valence-corrected chi connectivity index (χ4v) is 2.89. The number of urea groups is 1. The van der Waals surface area contributed by atoms with Crippen LogP contribution in [0.4, 0.5) is 4.79 Å². The smallest absolute Gasteiger partial charge is 0.317 e. The monoisotopic (exact) mass is 327 g/mol. The van der Waals surface area contributed by atoms with Gasteiger partial charge in [-0.3, -0.25) is 0 Å². The second-order valence-electron chi connectivity index (χ2n) is 6.71. The van der Waals surface area contributed by atoms with Crippen LogP contribution in [-0.4, -0.2) is 38.8 Å². The van der Waals surface area contributed by atoms with Crippen LogP contribution in [0.3, 0.4) is 0 Å². The number of pyridine rings is 1. The van der Waals surface area contributed by atoms with Crippen LogP contribution in [0.1, 0.15) is 36.7 Å². The zero-order valence-electron chi connectivity index (χ0n) is 14.8. The van der Waals surface area contributed by atoms with Crippen molar-refractivity contribution >= 4 is 6.03 Å². The van der Waals surface area contributed by atoms with Crippen LogP contribution in [-0.2, 0) is 6.54 Å². The van der Waals surface area contributed by atoms with Crippen LogP contribution < -0.4 is 5.32 Å². The summed E-state index contributed by atoms with van der Waals surface area (Å²) in [5.74, 6) is 1.46. The summed E-state index contributed by atoms with van der Waals surface area (Å²) in [6, 6.07) is 6.20. The van der Waals surface area contributed by atoms with Crippen molar-refractivity contribution < 1.29 is 4.79 Å². The molecule has 128 valence electrons. The minimum atomic E-state index is -0.0305. The van der Waals surface area contributed by atoms with Gasteiger partial charge in [0.05, 0.1) is 5.69 Å². The van der Waals surface area contributed by atoms with E-state index >= 15 is 0 Å². The maximum absolute atomic E-state index is 12.2. The molecule has 24 heavy (non-hydrogen) atoms. The summed E-state index contributed by atoms with van der Waals surface area (Å²) in [5, 5.41) is 7.39. The van der Waals surface area contributed by atoms with Crippen molar-refractivity contribution in [2.45, 2.75) is 46.2 Å². The van der Waals surface area contributed by atoms with Crippen molar-refractivity contribution in [2.75, 3.05) is 7.05 Å². The lowest BCUT2D eigenvalue weighted by atomic mass is 10.2. The van der Waals surface area contributed by atoms with Crippen molar-refractivity contribution in [3.63, 3.8) is 0 Å². The second kappa shape index (κ2) is 6.63. The predicted octanol–water partition coefficient (Wildman–Crippen LogP) is 2.82. The molecule has 0 saturated heterocycles. The van der Waals surface area contributed by atoms with E-state index in [1.54, 1.807) is 11.1 Å². The van der Waals surface area contributed by atoms with Gasteiger partial charge in [0.1, 0.15) is 0 Å². The fraction of sp³-hybridized carbons (Fsp3) is 0.500. The summed E-state index contributed by atoms with van der Waals surface area (Å²) in [4.78, 5) is 18.5. The van der Waals surface area contributed by atoms with E-state index in [0.717, 1.165) is 22.8 Å². The van der Waals surface area contributed by atoms with E-state index < -0.39 is 0 Å². The van der Waals surface area contributed by atoms with Crippen molar-refractivity contribution in [1.29, 1.82) is 0 Å². The number of amides is 2. The molecule has 0 spiro atoms. The quantitative estimate of drug-likeness (QED) is 0.918. The van der Waals surface area contributed by atoms with E-state index in [9.17, 15) is 4.79 Å². The Morgan fingerprint density at radius 2 is 2.17 bits per heavy atom. The SMILES string of the molecule is Cc1cc(C)n(-c2ccc(CNC(=O)N(C)C(C)C3CC3)cn2)n1. The van der Waals surface area contributed by atoms with Crippen molar-refractivity contribution in [3.05, 3.63) is 41.3 Å². The van der Waals surface area contributed by atoms with Gasteiger partial charge in [0, 0.05) is 31.5 Å². The molecule has 3 rings (SSSR count). The topological polar surface area (TPSA) is 63.1 Å². The molecule has 1 aliphatic carbocycles. The molecular formula is C18H25N5O. The van der Waals surface area contributed by atoms with E-state index in [4.69, 9.17) is 0 Å². The summed E-state index contributed by atoms with van der Waals surface area (Å²) < 4.78 is 1.82. The van der Waals surface area contributed by atoms with E-state index in [-0.39, 0.29) is 6.03 Å². The minimum absolute atomic E-state index is 0.0305. The predicted molar refractivity (Wildman–Crippen MR) is 93.0 cm³/mol. The lowest BCUT2D eigenvalue weighted by molar-refractivity contribution is 0.187. The zero-order valence-corrected chi connectivity index (χ0v) is 14.8. The fourth-order valence-electron chi connectivity index (χ4n) is 2.89. The molecule has 1 fully saturated rings. The van der Waals surface area contributed by atoms with Crippen LogP contribution in [0, 0.1) is 19.8 Å². The average molecular weight is 327 g/mol. The number of aromatic nitrogens is 3. The maximum Gasteiger partial charge on any atom is 0.317 e. The average Bonchev–Trinajstić information content (AvgIpc) is 3.36. The zero-order chi connectivity index (χ0) is 17.3. The number of nitrogens with one attached hydrogen (secondary N) is 1. The van der Waals surface area contributed by atoms with Crippen molar-refractivity contribution in [1.82, 2.24) is 25.0 Å². The number of carbonyl (C=O) groups is 1. The third-order valence-electron chi connectivity index (χ3n) is 4.71. The summed E-state index contributed by atoms with van der Waals surface area (Å²) in [7, 11) is 1.86. The van der Waals surface area contributed by atoms with Gasteiger partial charge in [0.25, 0.3) is 0 Å². The van der Waals surface area contributed by atoms with Crippen LogP contribution in [0.25, 0.3) is 5.82 Å². The molecule has 1 aliphatic rings. The Hall–Kier alpha value is -2.37. The molecule has 1 saturated carbocycles. The van der Waals surface area contributed by atoms with Crippen LogP contribution in [0.15, 0.2) is 24.4 Å². The van der Waals surface area contributed by atoms with Gasteiger partial charge in [-0.25, -0.2) is 14.5 Å². The first kappa shape index (κ1) is 16.5. The Labute approximate surface area is 142 Å². The Balaban J connectivity index is 1.58. The highest BCUT2D eigenvalue weighted by atomic mass is 16.2. The molecular weight excluding hydrogens is 302 g/mol. The number of nitrogens with zero attached hydrogens (tertiary/aromatic N) is 4. The molecule has 0 aromatic carbocycles. The molecule has 1 atom stereocenters. The third kappa shape index (κ3) is 3.58. The summed E-state index contributed by atoms with van der Waals surface area (Å²) >= 11 is 0. The molecule has 1 unspecified atom stereocenters. The highest BCUT2D eigenvalue weighted by molar-refractivity contribution is 5.74.